The molecule has 0 saturated carbocycles. The average molecular weight is 448 g/mol. The molecule has 2 aromatic carbocycles. The first-order valence-electron chi connectivity index (χ1n) is 9.57. The van der Waals surface area contributed by atoms with Gasteiger partial charge in [0, 0.05) is 32.2 Å². The number of benzene rings is 2. The number of nitro benzene ring substituents is 1. The van der Waals surface area contributed by atoms with E-state index in [-0.39, 0.29) is 16.3 Å². The standard InChI is InChI=1S/C19H21N5O4S2/c25-24(26)17-13-14(30(27,28)23-11-3-4-12-23)7-8-15(17)20-9-10-21-19-22-16-5-1-2-6-18(16)29-19/h1-2,5-8,13,20H,3-4,9-12H2,(H,21,22). The number of aromatic nitrogens is 1. The zero-order chi connectivity index (χ0) is 21.1. The molecule has 1 aromatic heterocycles. The van der Waals surface area contributed by atoms with Gasteiger partial charge in [-0.1, -0.05) is 23.5 Å². The maximum atomic E-state index is 12.7. The van der Waals surface area contributed by atoms with E-state index in [0.717, 1.165) is 34.3 Å². The summed E-state index contributed by atoms with van der Waals surface area (Å²) in [6, 6.07) is 11.8. The second-order valence-corrected chi connectivity index (χ2v) is 9.86. The minimum absolute atomic E-state index is 0.0470. The van der Waals surface area contributed by atoms with Crippen molar-refractivity contribution < 1.29 is 13.3 Å². The summed E-state index contributed by atoms with van der Waals surface area (Å²) in [6.07, 6.45) is 1.62. The van der Waals surface area contributed by atoms with Crippen LogP contribution < -0.4 is 10.6 Å². The molecule has 0 spiro atoms. The van der Waals surface area contributed by atoms with Gasteiger partial charge in [-0.3, -0.25) is 10.1 Å². The number of nitrogens with one attached hydrogen (secondary N) is 2. The number of fused-ring (bicyclic) bond motifs is 1. The molecule has 158 valence electrons. The van der Waals surface area contributed by atoms with Gasteiger partial charge < -0.3 is 10.6 Å². The van der Waals surface area contributed by atoms with Crippen molar-refractivity contribution in [2.24, 2.45) is 0 Å². The Morgan fingerprint density at radius 2 is 1.83 bits per heavy atom. The van der Waals surface area contributed by atoms with Gasteiger partial charge in [-0.2, -0.15) is 4.31 Å². The predicted octanol–water partition coefficient (Wildman–Crippen LogP) is 3.51. The van der Waals surface area contributed by atoms with Crippen molar-refractivity contribution in [1.29, 1.82) is 0 Å². The number of nitrogens with zero attached hydrogens (tertiary/aromatic N) is 3. The lowest BCUT2D eigenvalue weighted by molar-refractivity contribution is -0.384. The normalized spacial score (nSPS) is 14.8. The van der Waals surface area contributed by atoms with Crippen molar-refractivity contribution >= 4 is 48.1 Å². The van der Waals surface area contributed by atoms with Crippen LogP contribution in [0.2, 0.25) is 0 Å². The van der Waals surface area contributed by atoms with Gasteiger partial charge in [0.05, 0.1) is 20.0 Å². The van der Waals surface area contributed by atoms with Crippen LogP contribution in [0.5, 0.6) is 0 Å². The molecule has 1 saturated heterocycles. The molecule has 1 aliphatic rings. The van der Waals surface area contributed by atoms with Gasteiger partial charge in [0.1, 0.15) is 5.69 Å². The lowest BCUT2D eigenvalue weighted by Gasteiger charge is -2.16. The van der Waals surface area contributed by atoms with Crippen molar-refractivity contribution in [3.05, 3.63) is 52.6 Å². The van der Waals surface area contributed by atoms with Crippen molar-refractivity contribution in [3.8, 4) is 0 Å². The zero-order valence-corrected chi connectivity index (χ0v) is 17.7. The van der Waals surface area contributed by atoms with Crippen LogP contribution in [0.4, 0.5) is 16.5 Å². The smallest absolute Gasteiger partial charge is 0.293 e. The van der Waals surface area contributed by atoms with Gasteiger partial charge in [-0.15, -0.1) is 0 Å². The van der Waals surface area contributed by atoms with Gasteiger partial charge in [-0.25, -0.2) is 13.4 Å². The predicted molar refractivity (Wildman–Crippen MR) is 118 cm³/mol. The van der Waals surface area contributed by atoms with Crippen molar-refractivity contribution in [3.63, 3.8) is 0 Å². The van der Waals surface area contributed by atoms with E-state index >= 15 is 0 Å². The SMILES string of the molecule is O=[N+]([O-])c1cc(S(=O)(=O)N2CCCC2)ccc1NCCNc1nc2ccccc2s1. The molecule has 1 aliphatic heterocycles. The van der Waals surface area contributed by atoms with Crippen LogP contribution in [-0.4, -0.2) is 48.8 Å². The molecule has 0 unspecified atom stereocenters. The maximum absolute atomic E-state index is 12.7. The van der Waals surface area contributed by atoms with Crippen LogP contribution in [0.1, 0.15) is 12.8 Å². The van der Waals surface area contributed by atoms with Crippen molar-refractivity contribution in [2.45, 2.75) is 17.7 Å². The Morgan fingerprint density at radius 3 is 2.57 bits per heavy atom. The van der Waals surface area contributed by atoms with Crippen molar-refractivity contribution in [2.75, 3.05) is 36.8 Å². The van der Waals surface area contributed by atoms with Gasteiger partial charge in [0.25, 0.3) is 5.69 Å². The van der Waals surface area contributed by atoms with Crippen molar-refractivity contribution in [1.82, 2.24) is 9.29 Å². The second-order valence-electron chi connectivity index (χ2n) is 6.89. The molecule has 0 radical (unpaired) electrons. The van der Waals surface area contributed by atoms with Gasteiger partial charge in [0.2, 0.25) is 10.0 Å². The average Bonchev–Trinajstić information content (AvgIpc) is 3.41. The van der Waals surface area contributed by atoms with Crippen LogP contribution in [0.3, 0.4) is 0 Å². The molecular formula is C19H21N5O4S2. The molecule has 1 fully saturated rings. The molecule has 4 rings (SSSR count). The summed E-state index contributed by atoms with van der Waals surface area (Å²) in [5.41, 5.74) is 0.949. The van der Waals surface area contributed by atoms with Crippen LogP contribution in [0.15, 0.2) is 47.4 Å². The third-order valence-electron chi connectivity index (χ3n) is 4.88. The van der Waals surface area contributed by atoms with Crippen LogP contribution in [0.25, 0.3) is 10.2 Å². The molecule has 3 aromatic rings. The summed E-state index contributed by atoms with van der Waals surface area (Å²) >= 11 is 1.54. The topological polar surface area (TPSA) is 117 Å². The summed E-state index contributed by atoms with van der Waals surface area (Å²) in [7, 11) is -3.70. The molecule has 0 atom stereocenters. The fraction of sp³-hybridized carbons (Fsp3) is 0.316. The second kappa shape index (κ2) is 8.54. The monoisotopic (exact) mass is 447 g/mol. The summed E-state index contributed by atoms with van der Waals surface area (Å²) in [5, 5.41) is 18.5. The van der Waals surface area contributed by atoms with Crippen LogP contribution in [-0.2, 0) is 10.0 Å². The molecule has 11 heteroatoms. The molecule has 2 heterocycles. The van der Waals surface area contributed by atoms with Gasteiger partial charge >= 0.3 is 0 Å². The summed E-state index contributed by atoms with van der Waals surface area (Å²) in [4.78, 5) is 15.4. The fourth-order valence-corrected chi connectivity index (χ4v) is 5.79. The zero-order valence-electron chi connectivity index (χ0n) is 16.1. The molecule has 30 heavy (non-hydrogen) atoms. The number of rotatable bonds is 8. The molecule has 0 aliphatic carbocycles. The van der Waals surface area contributed by atoms with E-state index in [0.29, 0.717) is 26.2 Å². The number of thiazole rings is 1. The Morgan fingerprint density at radius 1 is 1.10 bits per heavy atom. The van der Waals surface area contributed by atoms with E-state index in [1.54, 1.807) is 0 Å². The Bertz CT molecular complexity index is 1140. The largest absolute Gasteiger partial charge is 0.378 e. The third-order valence-corrected chi connectivity index (χ3v) is 7.77. The number of sulfonamides is 1. The van der Waals surface area contributed by atoms with E-state index in [1.807, 2.05) is 24.3 Å². The molecule has 2 N–H and O–H groups in total. The van der Waals surface area contributed by atoms with E-state index in [2.05, 4.69) is 15.6 Å². The third kappa shape index (κ3) is 4.23. The molecular weight excluding hydrogens is 426 g/mol. The minimum atomic E-state index is -3.70. The van der Waals surface area contributed by atoms with Crippen LogP contribution >= 0.6 is 11.3 Å². The lowest BCUT2D eigenvalue weighted by Crippen LogP contribution is -2.28. The van der Waals surface area contributed by atoms with E-state index in [9.17, 15) is 18.5 Å². The lowest BCUT2D eigenvalue weighted by atomic mass is 10.2. The number of anilines is 2. The van der Waals surface area contributed by atoms with Crippen LogP contribution in [0, 0.1) is 10.1 Å². The first-order chi connectivity index (χ1) is 14.4. The molecule has 0 amide bonds. The highest BCUT2D eigenvalue weighted by atomic mass is 32.2. The molecule has 9 nitrogen and oxygen atoms in total. The van der Waals surface area contributed by atoms with E-state index in [4.69, 9.17) is 0 Å². The number of nitro groups is 1. The van der Waals surface area contributed by atoms with E-state index < -0.39 is 14.9 Å². The highest BCUT2D eigenvalue weighted by Crippen LogP contribution is 2.30. The Hall–Kier alpha value is -2.76. The highest BCUT2D eigenvalue weighted by molar-refractivity contribution is 7.89. The van der Waals surface area contributed by atoms with E-state index in [1.165, 1.54) is 27.8 Å². The van der Waals surface area contributed by atoms with Gasteiger partial charge in [-0.05, 0) is 37.1 Å². The number of para-hydroxylation sites is 1. The first kappa shape index (κ1) is 20.5. The maximum Gasteiger partial charge on any atom is 0.293 e. The Balaban J connectivity index is 1.42. The number of hydrogen-bond donors (Lipinski definition) is 2. The fourth-order valence-electron chi connectivity index (χ4n) is 3.36. The summed E-state index contributed by atoms with van der Waals surface area (Å²) < 4.78 is 27.8. The quantitative estimate of drug-likeness (QED) is 0.308. The minimum Gasteiger partial charge on any atom is -0.378 e. The number of hydrogen-bond acceptors (Lipinski definition) is 8. The Kier molecular flexibility index (Phi) is 5.84. The Labute approximate surface area is 177 Å². The summed E-state index contributed by atoms with van der Waals surface area (Å²) in [5.74, 6) is 0. The summed E-state index contributed by atoms with van der Waals surface area (Å²) in [6.45, 7) is 1.82. The molecule has 0 bridgehead atoms. The highest BCUT2D eigenvalue weighted by Gasteiger charge is 2.29. The van der Waals surface area contributed by atoms with Gasteiger partial charge in [0.15, 0.2) is 5.13 Å². The first-order valence-corrected chi connectivity index (χ1v) is 11.8.